The van der Waals surface area contributed by atoms with Crippen molar-refractivity contribution in [1.82, 2.24) is 31.5 Å². The highest BCUT2D eigenvalue weighted by atomic mass is 16.3. The van der Waals surface area contributed by atoms with Gasteiger partial charge in [0.1, 0.15) is 36.3 Å². The predicted molar refractivity (Wildman–Crippen MR) is 219 cm³/mol. The summed E-state index contributed by atoms with van der Waals surface area (Å²) in [6.45, 7) is 0.288. The largest absolute Gasteiger partial charge is 0.394 e. The van der Waals surface area contributed by atoms with Crippen molar-refractivity contribution in [3.05, 3.63) is 35.9 Å². The molecule has 2 rings (SSSR count). The molecule has 1 aromatic rings. The lowest BCUT2D eigenvalue weighted by Crippen LogP contribution is -2.62. The molecule has 1 aliphatic heterocycles. The molecule has 1 aromatic carbocycles. The zero-order valence-electron chi connectivity index (χ0n) is 33.6. The van der Waals surface area contributed by atoms with Gasteiger partial charge in [-0.1, -0.05) is 30.3 Å². The first-order valence-corrected chi connectivity index (χ1v) is 19.4. The molecule has 0 aromatic heterocycles. The molecular weight excluding hydrogens is 786 g/mol. The van der Waals surface area contributed by atoms with E-state index in [1.54, 1.807) is 30.3 Å². The monoisotopic (exact) mass is 847 g/mol. The lowest BCUT2D eigenvalue weighted by molar-refractivity contribution is -0.141. The van der Waals surface area contributed by atoms with E-state index in [4.69, 9.17) is 40.1 Å². The smallest absolute Gasteiger partial charge is 0.245 e. The number of guanidine groups is 2. The Morgan fingerprint density at radius 3 is 1.87 bits per heavy atom. The van der Waals surface area contributed by atoms with Crippen LogP contribution in [0.1, 0.15) is 51.0 Å². The molecule has 334 valence electrons. The Labute approximate surface area is 347 Å². The van der Waals surface area contributed by atoms with Crippen LogP contribution in [0.3, 0.4) is 0 Å². The summed E-state index contributed by atoms with van der Waals surface area (Å²) in [5.74, 6) is -6.29. The van der Waals surface area contributed by atoms with Crippen LogP contribution < -0.4 is 66.7 Å². The van der Waals surface area contributed by atoms with E-state index < -0.39 is 103 Å². The number of aliphatic imine (C=N–C) groups is 2. The molecule has 0 unspecified atom stereocenters. The molecular formula is C36H61N15O9. The topological polar surface area (TPSA) is 430 Å². The maximum Gasteiger partial charge on any atom is 0.245 e. The summed E-state index contributed by atoms with van der Waals surface area (Å²) >= 11 is 0. The highest BCUT2D eigenvalue weighted by molar-refractivity contribution is 5.97. The fourth-order valence-electron chi connectivity index (χ4n) is 6.16. The van der Waals surface area contributed by atoms with Crippen LogP contribution in [0.15, 0.2) is 40.3 Å². The summed E-state index contributed by atoms with van der Waals surface area (Å²) in [5, 5.41) is 32.5. The van der Waals surface area contributed by atoms with Crippen molar-refractivity contribution in [2.75, 3.05) is 32.8 Å². The lowest BCUT2D eigenvalue weighted by atomic mass is 10.0. The standard InChI is InChI=1S/C36H61N15O9/c1-19(53)27(33(59)49-25(18-52)31(57)48-24(17-37)30(56)47-23(28(39)54)16-20-8-3-2-4-9-20)50-29(55)22(11-6-14-45-36(42)43)46-32(58)26-12-7-15-51(26)34(60)21(38)10-5-13-44-35(40)41/h2-4,8-9,19,21-27,52-53H,5-7,10-18,37-38H2,1H3,(H2,39,54)(H,46,58)(H,47,56)(H,48,57)(H,49,59)(H,50,55)(H4,40,41,44)(H4,42,43,45)/t19-,21-,22-,23-,24-,25-,26-,27-/m0/s1. The third-order valence-corrected chi connectivity index (χ3v) is 9.39. The number of aliphatic hydroxyl groups is 2. The first kappa shape index (κ1) is 50.0. The van der Waals surface area contributed by atoms with Crippen LogP contribution in [0.5, 0.6) is 0 Å². The minimum Gasteiger partial charge on any atom is -0.394 e. The van der Waals surface area contributed by atoms with Gasteiger partial charge in [0.2, 0.25) is 41.4 Å². The van der Waals surface area contributed by atoms with E-state index in [0.717, 1.165) is 0 Å². The van der Waals surface area contributed by atoms with E-state index >= 15 is 0 Å². The second-order valence-electron chi connectivity index (χ2n) is 14.2. The number of carbonyl (C=O) groups excluding carboxylic acids is 7. The lowest BCUT2D eigenvalue weighted by Gasteiger charge is -2.29. The molecule has 0 bridgehead atoms. The van der Waals surface area contributed by atoms with E-state index in [-0.39, 0.29) is 63.7 Å². The van der Waals surface area contributed by atoms with Crippen LogP contribution in [0.4, 0.5) is 0 Å². The average molecular weight is 848 g/mol. The third-order valence-electron chi connectivity index (χ3n) is 9.39. The average Bonchev–Trinajstić information content (AvgIpc) is 3.70. The zero-order valence-corrected chi connectivity index (χ0v) is 33.6. The van der Waals surface area contributed by atoms with Gasteiger partial charge in [-0.25, -0.2) is 0 Å². The molecule has 0 radical (unpaired) electrons. The van der Waals surface area contributed by atoms with E-state index in [1.807, 2.05) is 0 Å². The van der Waals surface area contributed by atoms with E-state index in [2.05, 4.69) is 36.6 Å². The first-order valence-electron chi connectivity index (χ1n) is 19.4. The van der Waals surface area contributed by atoms with Crippen LogP contribution in [-0.2, 0) is 40.0 Å². The van der Waals surface area contributed by atoms with Crippen LogP contribution in [0.25, 0.3) is 0 Å². The van der Waals surface area contributed by atoms with Gasteiger partial charge in [-0.15, -0.1) is 0 Å². The molecule has 0 saturated carbocycles. The second kappa shape index (κ2) is 25.4. The number of rotatable bonds is 25. The van der Waals surface area contributed by atoms with Gasteiger partial charge >= 0.3 is 0 Å². The molecule has 0 spiro atoms. The maximum atomic E-state index is 13.7. The number of nitrogens with one attached hydrogen (secondary N) is 5. The Morgan fingerprint density at radius 1 is 0.767 bits per heavy atom. The number of benzene rings is 1. The van der Waals surface area contributed by atoms with Gasteiger partial charge in [0.15, 0.2) is 11.9 Å². The number of primary amides is 1. The Balaban J connectivity index is 2.16. The molecule has 60 heavy (non-hydrogen) atoms. The first-order chi connectivity index (χ1) is 28.4. The maximum absolute atomic E-state index is 13.7. The van der Waals surface area contributed by atoms with Gasteiger partial charge in [0, 0.05) is 32.6 Å². The number of aliphatic hydroxyl groups excluding tert-OH is 2. The number of nitrogens with two attached hydrogens (primary N) is 7. The SMILES string of the molecule is C[C@H](O)[C@H](NC(=O)[C@H](CCCN=C(N)N)NC(=O)[C@@H]1CCCN1C(=O)[C@@H](N)CCCN=C(N)N)C(=O)N[C@@H](CO)C(=O)N[C@@H](CN)C(=O)N[C@@H](Cc1ccccc1)C(N)=O. The second-order valence-corrected chi connectivity index (χ2v) is 14.2. The minimum absolute atomic E-state index is 0.0484. The number of likely N-dealkylation sites (tertiary alicyclic amines) is 1. The number of amides is 7. The van der Waals surface area contributed by atoms with Gasteiger partial charge < -0.3 is 81.8 Å². The normalized spacial score (nSPS) is 16.9. The summed E-state index contributed by atoms with van der Waals surface area (Å²) < 4.78 is 0. The quantitative estimate of drug-likeness (QED) is 0.0247. The summed E-state index contributed by atoms with van der Waals surface area (Å²) in [7, 11) is 0. The number of hydrogen-bond acceptors (Lipinski definition) is 13. The van der Waals surface area contributed by atoms with Gasteiger partial charge in [0.25, 0.3) is 0 Å². The Hall–Kier alpha value is -6.11. The van der Waals surface area contributed by atoms with Gasteiger partial charge in [-0.2, -0.15) is 0 Å². The van der Waals surface area contributed by atoms with Crippen molar-refractivity contribution >= 4 is 53.3 Å². The van der Waals surface area contributed by atoms with Gasteiger partial charge in [-0.3, -0.25) is 43.5 Å². The summed E-state index contributed by atoms with van der Waals surface area (Å²) in [5.41, 5.74) is 39.5. The van der Waals surface area contributed by atoms with Crippen LogP contribution >= 0.6 is 0 Å². The molecule has 1 saturated heterocycles. The number of hydrogen-bond donors (Lipinski definition) is 14. The van der Waals surface area contributed by atoms with Crippen molar-refractivity contribution in [3.63, 3.8) is 0 Å². The van der Waals surface area contributed by atoms with Crippen LogP contribution in [0.2, 0.25) is 0 Å². The number of nitrogens with zero attached hydrogens (tertiary/aromatic N) is 3. The Morgan fingerprint density at radius 2 is 1.32 bits per heavy atom. The highest BCUT2D eigenvalue weighted by Crippen LogP contribution is 2.20. The van der Waals surface area contributed by atoms with Crippen LogP contribution in [-0.4, -0.2) is 150 Å². The number of carbonyl (C=O) groups is 7. The molecule has 1 aliphatic rings. The van der Waals surface area contributed by atoms with E-state index in [9.17, 15) is 43.8 Å². The Kier molecular flexibility index (Phi) is 21.2. The summed E-state index contributed by atoms with van der Waals surface area (Å²) in [6.07, 6.45) is -0.00614. The molecule has 24 nitrogen and oxygen atoms in total. The van der Waals surface area contributed by atoms with Crippen LogP contribution in [0, 0.1) is 0 Å². The summed E-state index contributed by atoms with van der Waals surface area (Å²) in [6, 6.07) is -0.621. The van der Waals surface area contributed by atoms with Crippen molar-refractivity contribution in [2.24, 2.45) is 50.1 Å². The van der Waals surface area contributed by atoms with Crippen molar-refractivity contribution in [1.29, 1.82) is 0 Å². The molecule has 21 N–H and O–H groups in total. The third kappa shape index (κ3) is 16.6. The van der Waals surface area contributed by atoms with E-state index in [0.29, 0.717) is 18.4 Å². The molecule has 7 amide bonds. The fourth-order valence-corrected chi connectivity index (χ4v) is 6.16. The van der Waals surface area contributed by atoms with Crippen molar-refractivity contribution in [2.45, 2.75) is 100 Å². The molecule has 24 heteroatoms. The summed E-state index contributed by atoms with van der Waals surface area (Å²) in [4.78, 5) is 101. The molecule has 8 atom stereocenters. The molecule has 1 heterocycles. The Bertz CT molecular complexity index is 1670. The minimum atomic E-state index is -1.74. The highest BCUT2D eigenvalue weighted by Gasteiger charge is 2.39. The van der Waals surface area contributed by atoms with Gasteiger partial charge in [0.05, 0.1) is 18.8 Å². The zero-order chi connectivity index (χ0) is 44.9. The molecule has 1 fully saturated rings. The van der Waals surface area contributed by atoms with Crippen molar-refractivity contribution in [3.8, 4) is 0 Å². The fraction of sp³-hybridized carbons (Fsp3) is 0.583. The van der Waals surface area contributed by atoms with Crippen molar-refractivity contribution < 1.29 is 43.8 Å². The predicted octanol–water partition coefficient (Wildman–Crippen LogP) is -7.10. The molecule has 0 aliphatic carbocycles. The van der Waals surface area contributed by atoms with E-state index in [1.165, 1.54) is 11.8 Å². The van der Waals surface area contributed by atoms with Gasteiger partial charge in [-0.05, 0) is 51.0 Å².